The Morgan fingerprint density at radius 2 is 2.20 bits per heavy atom. The first-order valence-corrected chi connectivity index (χ1v) is 8.74. The number of hydrogen-bond acceptors (Lipinski definition) is 5. The standard InChI is InChI=1S/C20H21NO4/c1-11(22)24-15-6-4-12-10-14-13-5-7-16(23-3)19-20(13,8-9-21(14)2)17(12)18(15)25-19/h4-7,14,19H,8-10H2,1-3H3/t14-,19+,20?/m1/s1. The van der Waals surface area contributed by atoms with Crippen molar-refractivity contribution >= 4 is 5.97 Å². The van der Waals surface area contributed by atoms with Crippen LogP contribution in [0.15, 0.2) is 35.6 Å². The molecule has 0 saturated carbocycles. The van der Waals surface area contributed by atoms with E-state index in [0.717, 1.165) is 30.9 Å². The van der Waals surface area contributed by atoms with Crippen LogP contribution in [0.25, 0.3) is 0 Å². The Labute approximate surface area is 146 Å². The van der Waals surface area contributed by atoms with E-state index in [0.29, 0.717) is 11.8 Å². The van der Waals surface area contributed by atoms with E-state index in [4.69, 9.17) is 14.2 Å². The number of piperidine rings is 1. The molecule has 1 spiro atoms. The highest BCUT2D eigenvalue weighted by Gasteiger charge is 2.62. The van der Waals surface area contributed by atoms with Gasteiger partial charge in [0.05, 0.1) is 12.5 Å². The number of rotatable bonds is 2. The van der Waals surface area contributed by atoms with Gasteiger partial charge in [-0.3, -0.25) is 9.69 Å². The lowest BCUT2D eigenvalue weighted by Crippen LogP contribution is -2.58. The van der Waals surface area contributed by atoms with Crippen LogP contribution in [0.2, 0.25) is 0 Å². The van der Waals surface area contributed by atoms with E-state index >= 15 is 0 Å². The Kier molecular flexibility index (Phi) is 2.93. The summed E-state index contributed by atoms with van der Waals surface area (Å²) < 4.78 is 17.5. The summed E-state index contributed by atoms with van der Waals surface area (Å²) in [6.45, 7) is 2.43. The maximum absolute atomic E-state index is 11.5. The first kappa shape index (κ1) is 15.0. The fourth-order valence-corrected chi connectivity index (χ4v) is 5.17. The molecule has 2 aliphatic carbocycles. The molecule has 0 radical (unpaired) electrons. The monoisotopic (exact) mass is 339 g/mol. The second-order valence-corrected chi connectivity index (χ2v) is 7.34. The first-order valence-electron chi connectivity index (χ1n) is 8.74. The zero-order valence-corrected chi connectivity index (χ0v) is 14.7. The quantitative estimate of drug-likeness (QED) is 0.611. The minimum absolute atomic E-state index is 0.181. The van der Waals surface area contributed by atoms with Gasteiger partial charge in [-0.25, -0.2) is 0 Å². The van der Waals surface area contributed by atoms with E-state index in [2.05, 4.69) is 24.1 Å². The van der Waals surface area contributed by atoms with Crippen molar-refractivity contribution in [2.75, 3.05) is 20.7 Å². The van der Waals surface area contributed by atoms with Crippen LogP contribution < -0.4 is 9.47 Å². The predicted molar refractivity (Wildman–Crippen MR) is 91.8 cm³/mol. The van der Waals surface area contributed by atoms with Crippen molar-refractivity contribution < 1.29 is 19.0 Å². The second-order valence-electron chi connectivity index (χ2n) is 7.34. The normalized spacial score (nSPS) is 31.5. The zero-order chi connectivity index (χ0) is 17.3. The maximum Gasteiger partial charge on any atom is 0.308 e. The minimum Gasteiger partial charge on any atom is -0.497 e. The van der Waals surface area contributed by atoms with Gasteiger partial charge < -0.3 is 14.2 Å². The molecular formula is C20H21NO4. The van der Waals surface area contributed by atoms with Crippen LogP contribution >= 0.6 is 0 Å². The average Bonchev–Trinajstić information content (AvgIpc) is 2.94. The Hall–Kier alpha value is -2.27. The fourth-order valence-electron chi connectivity index (χ4n) is 5.17. The highest BCUT2D eigenvalue weighted by Crippen LogP contribution is 2.62. The number of likely N-dealkylation sites (tertiary alicyclic amines) is 1. The van der Waals surface area contributed by atoms with Crippen LogP contribution in [0, 0.1) is 0 Å². The van der Waals surface area contributed by atoms with Crippen molar-refractivity contribution in [3.8, 4) is 11.5 Å². The first-order chi connectivity index (χ1) is 12.1. The van der Waals surface area contributed by atoms with Gasteiger partial charge in [0.15, 0.2) is 17.6 Å². The minimum atomic E-state index is -0.331. The summed E-state index contributed by atoms with van der Waals surface area (Å²) in [5, 5.41) is 0. The van der Waals surface area contributed by atoms with E-state index in [1.807, 2.05) is 12.1 Å². The summed E-state index contributed by atoms with van der Waals surface area (Å²) in [5.74, 6) is 1.74. The van der Waals surface area contributed by atoms with Crippen molar-refractivity contribution in [1.82, 2.24) is 4.90 Å². The van der Waals surface area contributed by atoms with E-state index in [1.165, 1.54) is 23.6 Å². The largest absolute Gasteiger partial charge is 0.497 e. The number of hydrogen-bond donors (Lipinski definition) is 0. The van der Waals surface area contributed by atoms with Gasteiger partial charge in [0.25, 0.3) is 0 Å². The van der Waals surface area contributed by atoms with Crippen molar-refractivity contribution in [1.29, 1.82) is 0 Å². The number of methoxy groups -OCH3 is 1. The molecule has 0 aromatic heterocycles. The molecule has 5 heteroatoms. The van der Waals surface area contributed by atoms with Gasteiger partial charge in [-0.15, -0.1) is 0 Å². The van der Waals surface area contributed by atoms with Crippen LogP contribution in [-0.4, -0.2) is 43.7 Å². The lowest BCUT2D eigenvalue weighted by atomic mass is 9.57. The highest BCUT2D eigenvalue weighted by molar-refractivity contribution is 5.74. The molecule has 2 bridgehead atoms. The summed E-state index contributed by atoms with van der Waals surface area (Å²) >= 11 is 0. The highest BCUT2D eigenvalue weighted by atomic mass is 16.6. The summed E-state index contributed by atoms with van der Waals surface area (Å²) in [4.78, 5) is 14.0. The molecule has 130 valence electrons. The molecule has 0 amide bonds. The van der Waals surface area contributed by atoms with Gasteiger partial charge in [0, 0.05) is 18.5 Å². The Morgan fingerprint density at radius 1 is 1.36 bits per heavy atom. The second kappa shape index (κ2) is 4.88. The third kappa shape index (κ3) is 1.74. The zero-order valence-electron chi connectivity index (χ0n) is 14.7. The van der Waals surface area contributed by atoms with E-state index in [9.17, 15) is 4.79 Å². The fraction of sp³-hybridized carbons (Fsp3) is 0.450. The predicted octanol–water partition coefficient (Wildman–Crippen LogP) is 2.34. The van der Waals surface area contributed by atoms with Gasteiger partial charge >= 0.3 is 5.97 Å². The van der Waals surface area contributed by atoms with Crippen molar-refractivity contribution in [2.24, 2.45) is 0 Å². The molecule has 5 rings (SSSR count). The summed E-state index contributed by atoms with van der Waals surface area (Å²) in [6.07, 6.45) is 6.00. The maximum atomic E-state index is 11.5. The van der Waals surface area contributed by atoms with Crippen LogP contribution in [0.1, 0.15) is 24.5 Å². The van der Waals surface area contributed by atoms with Gasteiger partial charge in [0.2, 0.25) is 0 Å². The van der Waals surface area contributed by atoms with Gasteiger partial charge in [-0.1, -0.05) is 12.1 Å². The van der Waals surface area contributed by atoms with Gasteiger partial charge in [-0.2, -0.15) is 0 Å². The van der Waals surface area contributed by atoms with Crippen LogP contribution in [0.5, 0.6) is 11.5 Å². The lowest BCUT2D eigenvalue weighted by Gasteiger charge is -2.52. The number of carbonyl (C=O) groups excluding carboxylic acids is 1. The third-order valence-corrected chi connectivity index (χ3v) is 6.19. The number of esters is 1. The molecule has 5 nitrogen and oxygen atoms in total. The summed E-state index contributed by atoms with van der Waals surface area (Å²) in [5.41, 5.74) is 3.70. The Bertz CT molecular complexity index is 855. The SMILES string of the molecule is COC1=CC=C2[C@H]3Cc4ccc(OC(C)=O)c5c4C2(CCN3C)[C@H]1O5. The van der Waals surface area contributed by atoms with E-state index in [-0.39, 0.29) is 17.5 Å². The number of ether oxygens (including phenoxy) is 3. The van der Waals surface area contributed by atoms with Crippen molar-refractivity contribution in [3.63, 3.8) is 0 Å². The van der Waals surface area contributed by atoms with Crippen molar-refractivity contribution in [3.05, 3.63) is 46.7 Å². The molecule has 0 N–H and O–H groups in total. The Balaban J connectivity index is 1.79. The molecule has 4 aliphatic rings. The number of carbonyl (C=O) groups is 1. The molecule has 1 aromatic rings. The van der Waals surface area contributed by atoms with Crippen molar-refractivity contribution in [2.45, 2.75) is 37.3 Å². The molecular weight excluding hydrogens is 318 g/mol. The molecule has 1 saturated heterocycles. The lowest BCUT2D eigenvalue weighted by molar-refractivity contribution is -0.132. The Morgan fingerprint density at radius 3 is 2.96 bits per heavy atom. The molecule has 3 atom stereocenters. The number of allylic oxidation sites excluding steroid dienone is 2. The number of likely N-dealkylation sites (N-methyl/N-ethyl adjacent to an activating group) is 1. The third-order valence-electron chi connectivity index (χ3n) is 6.19. The molecule has 2 aliphatic heterocycles. The molecule has 25 heavy (non-hydrogen) atoms. The smallest absolute Gasteiger partial charge is 0.308 e. The van der Waals surface area contributed by atoms with Crippen LogP contribution in [-0.2, 0) is 21.4 Å². The topological polar surface area (TPSA) is 48.0 Å². The van der Waals surface area contributed by atoms with Crippen LogP contribution in [0.4, 0.5) is 0 Å². The molecule has 2 heterocycles. The molecule has 1 aromatic carbocycles. The summed E-state index contributed by atoms with van der Waals surface area (Å²) in [7, 11) is 3.88. The molecule has 1 unspecified atom stereocenters. The van der Waals surface area contributed by atoms with Gasteiger partial charge in [0.1, 0.15) is 5.76 Å². The van der Waals surface area contributed by atoms with E-state index in [1.54, 1.807) is 7.11 Å². The summed E-state index contributed by atoms with van der Waals surface area (Å²) in [6, 6.07) is 4.34. The van der Waals surface area contributed by atoms with E-state index < -0.39 is 0 Å². The van der Waals surface area contributed by atoms with Crippen LogP contribution in [0.3, 0.4) is 0 Å². The number of benzene rings is 1. The average molecular weight is 339 g/mol. The number of nitrogens with zero attached hydrogens (tertiary/aromatic N) is 1. The van der Waals surface area contributed by atoms with Gasteiger partial charge in [-0.05, 0) is 49.7 Å². The molecule has 1 fully saturated rings.